The second kappa shape index (κ2) is 6.40. The normalized spacial score (nSPS) is 32.2. The molecule has 0 saturated heterocycles. The number of hydrogen-bond acceptors (Lipinski definition) is 2. The molecule has 2 saturated carbocycles. The molecule has 0 aromatic carbocycles. The van der Waals surface area contributed by atoms with E-state index < -0.39 is 5.97 Å². The van der Waals surface area contributed by atoms with Gasteiger partial charge in [0.25, 0.3) is 0 Å². The molecule has 19 heavy (non-hydrogen) atoms. The van der Waals surface area contributed by atoms with Crippen LogP contribution in [0, 0.1) is 17.8 Å². The Morgan fingerprint density at radius 2 is 1.84 bits per heavy atom. The van der Waals surface area contributed by atoms with Gasteiger partial charge in [-0.1, -0.05) is 25.7 Å². The van der Waals surface area contributed by atoms with Crippen molar-refractivity contribution in [2.45, 2.75) is 64.3 Å². The monoisotopic (exact) mass is 267 g/mol. The molecule has 0 aromatic rings. The van der Waals surface area contributed by atoms with Crippen LogP contribution in [0.1, 0.15) is 58.3 Å². The summed E-state index contributed by atoms with van der Waals surface area (Å²) in [5.74, 6) is 0.888. The number of fused-ring (bicyclic) bond motifs is 1. The Balaban J connectivity index is 1.81. The van der Waals surface area contributed by atoms with Gasteiger partial charge in [0.1, 0.15) is 0 Å². The van der Waals surface area contributed by atoms with E-state index in [1.807, 2.05) is 0 Å². The molecule has 4 atom stereocenters. The van der Waals surface area contributed by atoms with Gasteiger partial charge < -0.3 is 10.4 Å². The number of rotatable bonds is 4. The molecule has 2 aliphatic carbocycles. The maximum Gasteiger partial charge on any atom is 0.305 e. The van der Waals surface area contributed by atoms with Crippen LogP contribution in [-0.4, -0.2) is 23.0 Å². The molecule has 0 aromatic heterocycles. The molecule has 2 aliphatic rings. The average molecular weight is 267 g/mol. The van der Waals surface area contributed by atoms with Crippen LogP contribution in [0.3, 0.4) is 0 Å². The van der Waals surface area contributed by atoms with Crippen LogP contribution in [0.25, 0.3) is 0 Å². The number of carboxylic acids is 1. The van der Waals surface area contributed by atoms with E-state index in [9.17, 15) is 9.59 Å². The Kier molecular flexibility index (Phi) is 4.83. The zero-order valence-electron chi connectivity index (χ0n) is 11.7. The molecular formula is C15H25NO3. The Hall–Kier alpha value is -1.06. The van der Waals surface area contributed by atoms with Crippen molar-refractivity contribution >= 4 is 11.9 Å². The predicted octanol–water partition coefficient (Wildman–Crippen LogP) is 2.57. The van der Waals surface area contributed by atoms with E-state index in [1.165, 1.54) is 32.1 Å². The lowest BCUT2D eigenvalue weighted by molar-refractivity contribution is -0.137. The number of hydrogen-bond donors (Lipinski definition) is 2. The first kappa shape index (κ1) is 14.4. The highest BCUT2D eigenvalue weighted by Gasteiger charge is 2.35. The molecule has 0 bridgehead atoms. The molecule has 4 nitrogen and oxygen atoms in total. The van der Waals surface area contributed by atoms with E-state index in [2.05, 4.69) is 5.32 Å². The number of carboxylic acid groups (broad SMARTS) is 1. The number of carbonyl (C=O) groups is 2. The van der Waals surface area contributed by atoms with Gasteiger partial charge in [0.05, 0.1) is 6.42 Å². The predicted molar refractivity (Wildman–Crippen MR) is 72.6 cm³/mol. The fourth-order valence-electron chi connectivity index (χ4n) is 3.79. The van der Waals surface area contributed by atoms with Crippen LogP contribution in [0.4, 0.5) is 0 Å². The Bertz CT molecular complexity index is 342. The Labute approximate surface area is 115 Å². The molecule has 0 aliphatic heterocycles. The molecular weight excluding hydrogens is 242 g/mol. The summed E-state index contributed by atoms with van der Waals surface area (Å²) in [7, 11) is 0. The lowest BCUT2D eigenvalue weighted by atomic mass is 9.67. The first-order chi connectivity index (χ1) is 9.06. The SMILES string of the molecule is CC(CC(=O)O)NC(=O)C1CCC2CCCCC2C1. The van der Waals surface area contributed by atoms with E-state index in [0.29, 0.717) is 0 Å². The minimum atomic E-state index is -0.858. The van der Waals surface area contributed by atoms with Crippen molar-refractivity contribution in [1.29, 1.82) is 0 Å². The first-order valence-corrected chi connectivity index (χ1v) is 7.58. The van der Waals surface area contributed by atoms with Crippen molar-refractivity contribution in [3.63, 3.8) is 0 Å². The number of aliphatic carboxylic acids is 1. The van der Waals surface area contributed by atoms with Gasteiger partial charge in [-0.25, -0.2) is 0 Å². The summed E-state index contributed by atoms with van der Waals surface area (Å²) in [6, 6.07) is -0.269. The summed E-state index contributed by atoms with van der Waals surface area (Å²) in [6.07, 6.45) is 8.45. The summed E-state index contributed by atoms with van der Waals surface area (Å²) in [6.45, 7) is 1.76. The minimum absolute atomic E-state index is 0.00448. The first-order valence-electron chi connectivity index (χ1n) is 7.58. The highest BCUT2D eigenvalue weighted by atomic mass is 16.4. The molecule has 1 amide bonds. The topological polar surface area (TPSA) is 66.4 Å². The summed E-state index contributed by atoms with van der Waals surface area (Å²) < 4.78 is 0. The van der Waals surface area contributed by atoms with Gasteiger partial charge >= 0.3 is 5.97 Å². The largest absolute Gasteiger partial charge is 0.481 e. The molecule has 0 radical (unpaired) electrons. The Morgan fingerprint density at radius 3 is 2.53 bits per heavy atom. The van der Waals surface area contributed by atoms with Crippen LogP contribution in [0.15, 0.2) is 0 Å². The Morgan fingerprint density at radius 1 is 1.16 bits per heavy atom. The third kappa shape index (κ3) is 3.95. The van der Waals surface area contributed by atoms with Gasteiger partial charge in [0, 0.05) is 12.0 Å². The van der Waals surface area contributed by atoms with Crippen molar-refractivity contribution in [3.8, 4) is 0 Å². The van der Waals surface area contributed by atoms with Gasteiger partial charge in [-0.05, 0) is 38.0 Å². The molecule has 4 unspecified atom stereocenters. The van der Waals surface area contributed by atoms with Gasteiger partial charge in [-0.2, -0.15) is 0 Å². The third-order valence-corrected chi connectivity index (χ3v) is 4.78. The van der Waals surface area contributed by atoms with Crippen molar-refractivity contribution in [3.05, 3.63) is 0 Å². The lowest BCUT2D eigenvalue weighted by Crippen LogP contribution is -2.41. The molecule has 4 heteroatoms. The van der Waals surface area contributed by atoms with E-state index in [4.69, 9.17) is 5.11 Å². The van der Waals surface area contributed by atoms with E-state index in [-0.39, 0.29) is 24.3 Å². The van der Waals surface area contributed by atoms with Crippen LogP contribution >= 0.6 is 0 Å². The van der Waals surface area contributed by atoms with Crippen LogP contribution < -0.4 is 5.32 Å². The van der Waals surface area contributed by atoms with Gasteiger partial charge in [-0.15, -0.1) is 0 Å². The van der Waals surface area contributed by atoms with Crippen molar-refractivity contribution in [2.75, 3.05) is 0 Å². The summed E-state index contributed by atoms with van der Waals surface area (Å²) >= 11 is 0. The smallest absolute Gasteiger partial charge is 0.305 e. The van der Waals surface area contributed by atoms with E-state index >= 15 is 0 Å². The summed E-state index contributed by atoms with van der Waals surface area (Å²) in [5, 5.41) is 11.6. The second-order valence-corrected chi connectivity index (χ2v) is 6.32. The molecule has 0 heterocycles. The highest BCUT2D eigenvalue weighted by molar-refractivity contribution is 5.79. The zero-order valence-corrected chi connectivity index (χ0v) is 11.7. The number of amides is 1. The standard InChI is InChI=1S/C15H25NO3/c1-10(8-14(17)18)16-15(19)13-7-6-11-4-2-3-5-12(11)9-13/h10-13H,2-9H2,1H3,(H,16,19)(H,17,18). The van der Waals surface area contributed by atoms with Gasteiger partial charge in [-0.3, -0.25) is 9.59 Å². The molecule has 2 fully saturated rings. The third-order valence-electron chi connectivity index (χ3n) is 4.78. The maximum absolute atomic E-state index is 12.2. The van der Waals surface area contributed by atoms with E-state index in [0.717, 1.165) is 24.7 Å². The fraction of sp³-hybridized carbons (Fsp3) is 0.867. The van der Waals surface area contributed by atoms with Crippen LogP contribution in [0.5, 0.6) is 0 Å². The van der Waals surface area contributed by atoms with E-state index in [1.54, 1.807) is 6.92 Å². The van der Waals surface area contributed by atoms with Gasteiger partial charge in [0.15, 0.2) is 0 Å². The lowest BCUT2D eigenvalue weighted by Gasteiger charge is -2.39. The quantitative estimate of drug-likeness (QED) is 0.822. The number of nitrogens with one attached hydrogen (secondary N) is 1. The summed E-state index contributed by atoms with van der Waals surface area (Å²) in [5.41, 5.74) is 0. The summed E-state index contributed by atoms with van der Waals surface area (Å²) in [4.78, 5) is 22.8. The minimum Gasteiger partial charge on any atom is -0.481 e. The highest BCUT2D eigenvalue weighted by Crippen LogP contribution is 2.42. The second-order valence-electron chi connectivity index (χ2n) is 6.32. The van der Waals surface area contributed by atoms with Gasteiger partial charge in [0.2, 0.25) is 5.91 Å². The van der Waals surface area contributed by atoms with Crippen molar-refractivity contribution < 1.29 is 14.7 Å². The van der Waals surface area contributed by atoms with Crippen LogP contribution in [-0.2, 0) is 9.59 Å². The van der Waals surface area contributed by atoms with Crippen molar-refractivity contribution in [1.82, 2.24) is 5.32 Å². The molecule has 2 N–H and O–H groups in total. The fourth-order valence-corrected chi connectivity index (χ4v) is 3.79. The molecule has 0 spiro atoms. The van der Waals surface area contributed by atoms with Crippen LogP contribution in [0.2, 0.25) is 0 Å². The zero-order chi connectivity index (χ0) is 13.8. The average Bonchev–Trinajstić information content (AvgIpc) is 2.37. The molecule has 2 rings (SSSR count). The van der Waals surface area contributed by atoms with Crippen molar-refractivity contribution in [2.24, 2.45) is 17.8 Å². The molecule has 108 valence electrons. The maximum atomic E-state index is 12.2. The number of carbonyl (C=O) groups excluding carboxylic acids is 1.